The number of hydrogen-bond acceptors (Lipinski definition) is 2. The summed E-state index contributed by atoms with van der Waals surface area (Å²) in [6.45, 7) is 9.11. The first-order chi connectivity index (χ1) is 13.5. The molecule has 1 atom stereocenters. The Morgan fingerprint density at radius 1 is 0.750 bits per heavy atom. The lowest BCUT2D eigenvalue weighted by molar-refractivity contribution is 0.272. The lowest BCUT2D eigenvalue weighted by Crippen LogP contribution is -2.33. The number of allylic oxidation sites excluding steroid dienone is 2. The van der Waals surface area contributed by atoms with Crippen LogP contribution < -0.4 is 4.90 Å². The lowest BCUT2D eigenvalue weighted by Gasteiger charge is -2.36. The Hall–Kier alpha value is -2.22. The number of hydrogen-bond donors (Lipinski definition) is 0. The van der Waals surface area contributed by atoms with Gasteiger partial charge in [0.25, 0.3) is 0 Å². The molecule has 0 spiro atoms. The van der Waals surface area contributed by atoms with Gasteiger partial charge in [0.1, 0.15) is 6.17 Å². The van der Waals surface area contributed by atoms with Crippen molar-refractivity contribution in [3.8, 4) is 0 Å². The normalized spacial score (nSPS) is 21.0. The minimum Gasteiger partial charge on any atom is -0.352 e. The fraction of sp³-hybridized carbons (Fsp3) is 0.462. The average molecular weight is 375 g/mol. The number of nitrogens with zero attached hydrogens (tertiary/aromatic N) is 2. The van der Waals surface area contributed by atoms with Gasteiger partial charge in [-0.05, 0) is 63.3 Å². The summed E-state index contributed by atoms with van der Waals surface area (Å²) in [5.74, 6) is 0.694. The van der Waals surface area contributed by atoms with Crippen molar-refractivity contribution in [2.75, 3.05) is 11.9 Å². The zero-order chi connectivity index (χ0) is 19.8. The molecule has 2 aliphatic rings. The highest BCUT2D eigenvalue weighted by Crippen LogP contribution is 2.48. The standard InChI is InChI=1S/C26H34N2/c1-18-12-9-10-17-23(18)28-21(4)25(22-15-7-6-8-16-22)27(5)26(28)24-19(2)13-11-14-20(24)3/h9-14,17,22,26H,6-8,15-16H2,1-5H3. The molecular formula is C26H34N2. The predicted octanol–water partition coefficient (Wildman–Crippen LogP) is 6.87. The third-order valence-electron chi connectivity index (χ3n) is 6.89. The van der Waals surface area contributed by atoms with Crippen molar-refractivity contribution in [1.82, 2.24) is 4.90 Å². The summed E-state index contributed by atoms with van der Waals surface area (Å²) in [6, 6.07) is 15.6. The second-order valence-corrected chi connectivity index (χ2v) is 8.75. The molecule has 1 heterocycles. The number of para-hydroxylation sites is 1. The van der Waals surface area contributed by atoms with E-state index in [1.165, 1.54) is 65.7 Å². The Kier molecular flexibility index (Phi) is 5.23. The lowest BCUT2D eigenvalue weighted by atomic mass is 9.86. The molecule has 2 nitrogen and oxygen atoms in total. The van der Waals surface area contributed by atoms with Gasteiger partial charge in [0.2, 0.25) is 0 Å². The number of rotatable bonds is 3. The zero-order valence-corrected chi connectivity index (χ0v) is 18.1. The van der Waals surface area contributed by atoms with Crippen molar-refractivity contribution in [3.63, 3.8) is 0 Å². The summed E-state index contributed by atoms with van der Waals surface area (Å²) in [4.78, 5) is 5.20. The van der Waals surface area contributed by atoms with Crippen molar-refractivity contribution in [1.29, 1.82) is 0 Å². The van der Waals surface area contributed by atoms with Gasteiger partial charge >= 0.3 is 0 Å². The van der Waals surface area contributed by atoms with E-state index in [0.29, 0.717) is 5.92 Å². The average Bonchev–Trinajstić information content (AvgIpc) is 2.93. The molecule has 4 rings (SSSR count). The van der Waals surface area contributed by atoms with Crippen LogP contribution in [0.5, 0.6) is 0 Å². The molecule has 0 saturated heterocycles. The smallest absolute Gasteiger partial charge is 0.132 e. The van der Waals surface area contributed by atoms with Crippen LogP contribution in [-0.2, 0) is 0 Å². The van der Waals surface area contributed by atoms with Crippen LogP contribution >= 0.6 is 0 Å². The summed E-state index contributed by atoms with van der Waals surface area (Å²) < 4.78 is 0. The quantitative estimate of drug-likeness (QED) is 0.578. The van der Waals surface area contributed by atoms with Crippen LogP contribution in [0.4, 0.5) is 5.69 Å². The zero-order valence-electron chi connectivity index (χ0n) is 18.1. The summed E-state index contributed by atoms with van der Waals surface area (Å²) in [5, 5.41) is 0. The number of benzene rings is 2. The van der Waals surface area contributed by atoms with Crippen molar-refractivity contribution in [3.05, 3.63) is 76.1 Å². The highest BCUT2D eigenvalue weighted by atomic mass is 15.4. The molecule has 2 aromatic rings. The molecule has 0 N–H and O–H groups in total. The minimum absolute atomic E-state index is 0.235. The van der Waals surface area contributed by atoms with Gasteiger partial charge in [-0.3, -0.25) is 0 Å². The highest BCUT2D eigenvalue weighted by molar-refractivity contribution is 5.63. The topological polar surface area (TPSA) is 6.48 Å². The van der Waals surface area contributed by atoms with Crippen LogP contribution in [-0.4, -0.2) is 11.9 Å². The molecule has 0 amide bonds. The molecule has 0 bridgehead atoms. The van der Waals surface area contributed by atoms with E-state index < -0.39 is 0 Å². The molecule has 28 heavy (non-hydrogen) atoms. The number of anilines is 1. The maximum Gasteiger partial charge on any atom is 0.132 e. The second kappa shape index (κ2) is 7.66. The van der Waals surface area contributed by atoms with Gasteiger partial charge in [-0.1, -0.05) is 55.7 Å². The summed E-state index contributed by atoms with van der Waals surface area (Å²) in [6.07, 6.45) is 7.03. The van der Waals surface area contributed by atoms with Gasteiger partial charge in [-0.25, -0.2) is 0 Å². The molecule has 1 aliphatic carbocycles. The SMILES string of the molecule is CC1=C(C2CCCCC2)N(C)C(c2c(C)cccc2C)N1c1ccccc1C. The molecule has 0 radical (unpaired) electrons. The van der Waals surface area contributed by atoms with Gasteiger partial charge in [0.15, 0.2) is 0 Å². The van der Waals surface area contributed by atoms with E-state index in [9.17, 15) is 0 Å². The monoisotopic (exact) mass is 374 g/mol. The Balaban J connectivity index is 1.88. The van der Waals surface area contributed by atoms with E-state index in [0.717, 1.165) is 0 Å². The predicted molar refractivity (Wildman–Crippen MR) is 119 cm³/mol. The van der Waals surface area contributed by atoms with Crippen molar-refractivity contribution in [2.24, 2.45) is 5.92 Å². The van der Waals surface area contributed by atoms with Crippen LogP contribution in [0, 0.1) is 26.7 Å². The van der Waals surface area contributed by atoms with Gasteiger partial charge in [0, 0.05) is 35.6 Å². The Labute approximate surface area is 170 Å². The largest absolute Gasteiger partial charge is 0.352 e. The summed E-state index contributed by atoms with van der Waals surface area (Å²) >= 11 is 0. The summed E-state index contributed by atoms with van der Waals surface area (Å²) in [5.41, 5.74) is 9.91. The Morgan fingerprint density at radius 2 is 1.36 bits per heavy atom. The van der Waals surface area contributed by atoms with Crippen LogP contribution in [0.2, 0.25) is 0 Å². The van der Waals surface area contributed by atoms with E-state index in [1.54, 1.807) is 5.70 Å². The maximum absolute atomic E-state index is 2.61. The molecule has 2 heteroatoms. The number of aryl methyl sites for hydroxylation is 3. The van der Waals surface area contributed by atoms with Crippen LogP contribution in [0.3, 0.4) is 0 Å². The van der Waals surface area contributed by atoms with Crippen molar-refractivity contribution >= 4 is 5.69 Å². The van der Waals surface area contributed by atoms with Crippen LogP contribution in [0.15, 0.2) is 53.9 Å². The molecule has 1 unspecified atom stereocenters. The summed E-state index contributed by atoms with van der Waals surface area (Å²) in [7, 11) is 2.32. The molecule has 2 aromatic carbocycles. The van der Waals surface area contributed by atoms with Crippen LogP contribution in [0.1, 0.15) is 67.4 Å². The fourth-order valence-corrected chi connectivity index (χ4v) is 5.53. The van der Waals surface area contributed by atoms with Gasteiger partial charge in [-0.15, -0.1) is 0 Å². The van der Waals surface area contributed by atoms with Crippen LogP contribution in [0.25, 0.3) is 0 Å². The molecule has 1 saturated carbocycles. The van der Waals surface area contributed by atoms with Gasteiger partial charge < -0.3 is 9.80 Å². The highest BCUT2D eigenvalue weighted by Gasteiger charge is 2.40. The van der Waals surface area contributed by atoms with Gasteiger partial charge in [-0.2, -0.15) is 0 Å². The molecule has 1 fully saturated rings. The van der Waals surface area contributed by atoms with Crippen molar-refractivity contribution in [2.45, 2.75) is 66.0 Å². The maximum atomic E-state index is 2.61. The van der Waals surface area contributed by atoms with E-state index in [2.05, 4.69) is 87.0 Å². The van der Waals surface area contributed by atoms with E-state index in [4.69, 9.17) is 0 Å². The molecule has 1 aliphatic heterocycles. The second-order valence-electron chi connectivity index (χ2n) is 8.75. The minimum atomic E-state index is 0.235. The molecule has 148 valence electrons. The third kappa shape index (κ3) is 3.13. The first kappa shape index (κ1) is 19.1. The fourth-order valence-electron chi connectivity index (χ4n) is 5.53. The van der Waals surface area contributed by atoms with E-state index in [1.807, 2.05) is 0 Å². The molecule has 0 aromatic heterocycles. The molecular weight excluding hydrogens is 340 g/mol. The van der Waals surface area contributed by atoms with Crippen molar-refractivity contribution < 1.29 is 0 Å². The van der Waals surface area contributed by atoms with E-state index >= 15 is 0 Å². The first-order valence-corrected chi connectivity index (χ1v) is 10.8. The Bertz CT molecular complexity index is 869. The first-order valence-electron chi connectivity index (χ1n) is 10.8. The third-order valence-corrected chi connectivity index (χ3v) is 6.89. The van der Waals surface area contributed by atoms with E-state index in [-0.39, 0.29) is 6.17 Å². The Morgan fingerprint density at radius 3 is 2.00 bits per heavy atom. The van der Waals surface area contributed by atoms with Gasteiger partial charge in [0.05, 0.1) is 0 Å².